The van der Waals surface area contributed by atoms with Crippen LogP contribution < -0.4 is 0 Å². The van der Waals surface area contributed by atoms with E-state index in [4.69, 9.17) is 0 Å². The highest BCUT2D eigenvalue weighted by molar-refractivity contribution is 6.07. The highest BCUT2D eigenvalue weighted by Crippen LogP contribution is 2.27. The van der Waals surface area contributed by atoms with Crippen LogP contribution in [0.4, 0.5) is 0 Å². The number of hydrogen-bond donors (Lipinski definition) is 0. The molecule has 0 spiro atoms. The van der Waals surface area contributed by atoms with Gasteiger partial charge in [0.2, 0.25) is 0 Å². The van der Waals surface area contributed by atoms with Crippen molar-refractivity contribution in [2.24, 2.45) is 10.9 Å². The summed E-state index contributed by atoms with van der Waals surface area (Å²) in [5, 5.41) is 0. The first kappa shape index (κ1) is 4.91. The molecule has 2 aliphatic rings. The number of fused-ring (bicyclic) bond motifs is 1. The molecule has 46 valence electrons. The van der Waals surface area contributed by atoms with Crippen molar-refractivity contribution in [3.05, 3.63) is 12.2 Å². The molecule has 2 nitrogen and oxygen atoms in total. The highest BCUT2D eigenvalue weighted by Gasteiger charge is 2.26. The van der Waals surface area contributed by atoms with Gasteiger partial charge >= 0.3 is 0 Å². The van der Waals surface area contributed by atoms with Gasteiger partial charge in [0.05, 0.1) is 0 Å². The molecule has 1 atom stereocenters. The summed E-state index contributed by atoms with van der Waals surface area (Å²) < 4.78 is 0. The molecule has 1 fully saturated rings. The molecule has 0 N–H and O–H groups in total. The molecule has 1 aliphatic carbocycles. The molecule has 9 heavy (non-hydrogen) atoms. The van der Waals surface area contributed by atoms with Crippen LogP contribution in [0.3, 0.4) is 0 Å². The van der Waals surface area contributed by atoms with Crippen molar-refractivity contribution >= 4 is 11.6 Å². The Balaban J connectivity index is 2.29. The maximum atomic E-state index is 10.6. The van der Waals surface area contributed by atoms with E-state index in [-0.39, 0.29) is 5.91 Å². The lowest BCUT2D eigenvalue weighted by molar-refractivity contribution is -0.113. The quantitative estimate of drug-likeness (QED) is 0.469. The van der Waals surface area contributed by atoms with Crippen LogP contribution >= 0.6 is 0 Å². The molecule has 0 saturated heterocycles. The molecule has 0 radical (unpaired) electrons. The van der Waals surface area contributed by atoms with E-state index in [1.807, 2.05) is 6.08 Å². The summed E-state index contributed by atoms with van der Waals surface area (Å²) >= 11 is 0. The Morgan fingerprint density at radius 1 is 1.67 bits per heavy atom. The first-order valence-electron chi connectivity index (χ1n) is 3.16. The lowest BCUT2D eigenvalue weighted by Crippen LogP contribution is -2.27. The molecule has 1 aliphatic heterocycles. The molecule has 0 aromatic rings. The van der Waals surface area contributed by atoms with E-state index in [0.29, 0.717) is 5.92 Å². The Morgan fingerprint density at radius 3 is 3.00 bits per heavy atom. The Bertz CT molecular complexity index is 215. The summed E-state index contributed by atoms with van der Waals surface area (Å²) in [4.78, 5) is 14.4. The predicted molar refractivity (Wildman–Crippen MR) is 34.3 cm³/mol. The number of hydrogen-bond acceptors (Lipinski definition) is 1. The summed E-state index contributed by atoms with van der Waals surface area (Å²) in [6.07, 6.45) is 5.73. The van der Waals surface area contributed by atoms with E-state index in [9.17, 15) is 4.79 Å². The van der Waals surface area contributed by atoms with Gasteiger partial charge in [0.25, 0.3) is 5.91 Å². The van der Waals surface area contributed by atoms with Crippen molar-refractivity contribution in [3.8, 4) is 0 Å². The lowest BCUT2D eigenvalue weighted by atomic mass is 9.81. The summed E-state index contributed by atoms with van der Waals surface area (Å²) in [5.41, 5.74) is 1.09. The van der Waals surface area contributed by atoms with Gasteiger partial charge in [-0.25, -0.2) is 4.99 Å². The smallest absolute Gasteiger partial charge is 0.267 e. The third kappa shape index (κ3) is 0.626. The maximum absolute atomic E-state index is 10.6. The minimum absolute atomic E-state index is 0.0825. The molecule has 0 aromatic heterocycles. The van der Waals surface area contributed by atoms with Crippen molar-refractivity contribution in [1.29, 1.82) is 0 Å². The van der Waals surface area contributed by atoms with Gasteiger partial charge in [0.1, 0.15) is 0 Å². The SMILES string of the molecule is O=C1C=CC2CCC2=N1. The first-order valence-corrected chi connectivity index (χ1v) is 3.16. The molecule has 1 amide bonds. The fourth-order valence-electron chi connectivity index (χ4n) is 1.16. The second-order valence-corrected chi connectivity index (χ2v) is 2.45. The number of carbonyl (C=O) groups excluding carboxylic acids is 1. The minimum atomic E-state index is -0.0825. The summed E-state index contributed by atoms with van der Waals surface area (Å²) in [6.45, 7) is 0. The second-order valence-electron chi connectivity index (χ2n) is 2.45. The van der Waals surface area contributed by atoms with E-state index in [0.717, 1.165) is 12.1 Å². The van der Waals surface area contributed by atoms with E-state index in [1.165, 1.54) is 6.42 Å². The number of nitrogens with zero attached hydrogens (tertiary/aromatic N) is 1. The monoisotopic (exact) mass is 121 g/mol. The summed E-state index contributed by atoms with van der Waals surface area (Å²) in [6, 6.07) is 0. The molecule has 1 unspecified atom stereocenters. The lowest BCUT2D eigenvalue weighted by Gasteiger charge is -2.26. The Hall–Kier alpha value is -0.920. The van der Waals surface area contributed by atoms with E-state index in [1.54, 1.807) is 6.08 Å². The number of allylic oxidation sites excluding steroid dienone is 1. The van der Waals surface area contributed by atoms with Crippen LogP contribution in [0.5, 0.6) is 0 Å². The Labute approximate surface area is 53.3 Å². The average Bonchev–Trinajstić information content (AvgIpc) is 1.78. The summed E-state index contributed by atoms with van der Waals surface area (Å²) in [5.74, 6) is 0.434. The van der Waals surface area contributed by atoms with Gasteiger partial charge in [-0.1, -0.05) is 6.08 Å². The molecular formula is C7H7NO. The van der Waals surface area contributed by atoms with Crippen LogP contribution in [0.25, 0.3) is 0 Å². The third-order valence-corrected chi connectivity index (χ3v) is 1.86. The van der Waals surface area contributed by atoms with Gasteiger partial charge in [-0.2, -0.15) is 0 Å². The zero-order chi connectivity index (χ0) is 6.27. The van der Waals surface area contributed by atoms with Crippen LogP contribution in [0.15, 0.2) is 17.1 Å². The highest BCUT2D eigenvalue weighted by atomic mass is 16.1. The van der Waals surface area contributed by atoms with Gasteiger partial charge in [-0.15, -0.1) is 0 Å². The normalized spacial score (nSPS) is 30.9. The molecule has 0 bridgehead atoms. The van der Waals surface area contributed by atoms with Gasteiger partial charge in [0.15, 0.2) is 0 Å². The number of carbonyl (C=O) groups is 1. The van der Waals surface area contributed by atoms with Crippen molar-refractivity contribution in [3.63, 3.8) is 0 Å². The number of amides is 1. The van der Waals surface area contributed by atoms with Crippen LogP contribution in [-0.2, 0) is 4.79 Å². The zero-order valence-electron chi connectivity index (χ0n) is 5.00. The van der Waals surface area contributed by atoms with Gasteiger partial charge < -0.3 is 0 Å². The van der Waals surface area contributed by atoms with Crippen molar-refractivity contribution in [1.82, 2.24) is 0 Å². The molecular weight excluding hydrogens is 114 g/mol. The fraction of sp³-hybridized carbons (Fsp3) is 0.429. The molecule has 1 saturated carbocycles. The summed E-state index contributed by atoms with van der Waals surface area (Å²) in [7, 11) is 0. The topological polar surface area (TPSA) is 29.4 Å². The number of aliphatic imine (C=N–C) groups is 1. The number of rotatable bonds is 0. The second kappa shape index (κ2) is 1.53. The van der Waals surface area contributed by atoms with E-state index in [2.05, 4.69) is 4.99 Å². The third-order valence-electron chi connectivity index (χ3n) is 1.86. The van der Waals surface area contributed by atoms with Crippen LogP contribution in [-0.4, -0.2) is 11.6 Å². The Kier molecular flexibility index (Phi) is 0.835. The fourth-order valence-corrected chi connectivity index (χ4v) is 1.16. The van der Waals surface area contributed by atoms with Crippen molar-refractivity contribution in [2.45, 2.75) is 12.8 Å². The average molecular weight is 121 g/mol. The van der Waals surface area contributed by atoms with Gasteiger partial charge in [-0.05, 0) is 12.8 Å². The number of dihydropyridines is 1. The van der Waals surface area contributed by atoms with Crippen molar-refractivity contribution < 1.29 is 4.79 Å². The van der Waals surface area contributed by atoms with E-state index >= 15 is 0 Å². The molecule has 0 aromatic carbocycles. The largest absolute Gasteiger partial charge is 0.269 e. The van der Waals surface area contributed by atoms with Crippen LogP contribution in [0, 0.1) is 5.92 Å². The van der Waals surface area contributed by atoms with Crippen LogP contribution in [0.2, 0.25) is 0 Å². The molecule has 2 rings (SSSR count). The van der Waals surface area contributed by atoms with Gasteiger partial charge in [0, 0.05) is 17.7 Å². The zero-order valence-corrected chi connectivity index (χ0v) is 5.00. The predicted octanol–water partition coefficient (Wildman–Crippen LogP) is 0.934. The maximum Gasteiger partial charge on any atom is 0.269 e. The van der Waals surface area contributed by atoms with Crippen LogP contribution in [0.1, 0.15) is 12.8 Å². The molecule has 2 heteroatoms. The van der Waals surface area contributed by atoms with Crippen molar-refractivity contribution in [2.75, 3.05) is 0 Å². The minimum Gasteiger partial charge on any atom is -0.267 e. The first-order chi connectivity index (χ1) is 4.36. The van der Waals surface area contributed by atoms with Gasteiger partial charge in [-0.3, -0.25) is 4.79 Å². The standard InChI is InChI=1S/C7H7NO/c9-7-4-2-5-1-3-6(5)8-7/h2,4-5H,1,3H2. The van der Waals surface area contributed by atoms with E-state index < -0.39 is 0 Å². The molecule has 1 heterocycles. The Morgan fingerprint density at radius 2 is 2.56 bits per heavy atom.